The van der Waals surface area contributed by atoms with Gasteiger partial charge in [0.2, 0.25) is 0 Å². The first-order valence-electron chi connectivity index (χ1n) is 5.94. The Balaban J connectivity index is 2.24. The third-order valence-electron chi connectivity index (χ3n) is 3.11. The minimum Gasteiger partial charge on any atom is -0.249 e. The van der Waals surface area contributed by atoms with Gasteiger partial charge < -0.3 is 0 Å². The van der Waals surface area contributed by atoms with Gasteiger partial charge in [-0.25, -0.2) is 17.4 Å². The largest absolute Gasteiger partial charge is 0.268 e. The van der Waals surface area contributed by atoms with E-state index in [4.69, 9.17) is 0 Å². The third-order valence-corrected chi connectivity index (χ3v) is 5.45. The van der Waals surface area contributed by atoms with Crippen LogP contribution in [0.2, 0.25) is 0 Å². The Hall–Kier alpha value is -1.66. The summed E-state index contributed by atoms with van der Waals surface area (Å²) in [6.07, 6.45) is 3.12. The first-order valence-corrected chi connectivity index (χ1v) is 8.17. The predicted molar refractivity (Wildman–Crippen MR) is 81.2 cm³/mol. The molecular weight excluding hydrogens is 340 g/mol. The molecule has 0 aliphatic heterocycles. The molecule has 1 aromatic carbocycles. The highest BCUT2D eigenvalue weighted by Gasteiger charge is 2.19. The summed E-state index contributed by atoms with van der Waals surface area (Å²) in [5, 5.41) is 0.767. The molecule has 0 aliphatic carbocycles. The highest BCUT2D eigenvalue weighted by Crippen LogP contribution is 2.26. The Morgan fingerprint density at radius 2 is 1.80 bits per heavy atom. The monoisotopic (exact) mass is 350 g/mol. The summed E-state index contributed by atoms with van der Waals surface area (Å²) in [6.45, 7) is 1.92. The fraction of sp³-hybridized carbons (Fsp3) is 0.0714. The van der Waals surface area contributed by atoms with E-state index in [-0.39, 0.29) is 4.90 Å². The molecule has 3 rings (SSSR count). The summed E-state index contributed by atoms with van der Waals surface area (Å²) in [6, 6.07) is 10.2. The van der Waals surface area contributed by atoms with Gasteiger partial charge in [-0.2, -0.15) is 0 Å². The average molecular weight is 351 g/mol. The van der Waals surface area contributed by atoms with Gasteiger partial charge in [0.1, 0.15) is 4.60 Å². The van der Waals surface area contributed by atoms with Crippen LogP contribution in [0.15, 0.2) is 58.3 Å². The van der Waals surface area contributed by atoms with Crippen molar-refractivity contribution < 1.29 is 8.42 Å². The number of hydrogen-bond acceptors (Lipinski definition) is 3. The van der Waals surface area contributed by atoms with E-state index < -0.39 is 10.0 Å². The van der Waals surface area contributed by atoms with E-state index in [0.29, 0.717) is 10.1 Å². The smallest absolute Gasteiger partial charge is 0.249 e. The molecule has 0 saturated heterocycles. The number of hydrogen-bond donors (Lipinski definition) is 0. The fourth-order valence-corrected chi connectivity index (χ4v) is 3.84. The zero-order chi connectivity index (χ0) is 14.3. The van der Waals surface area contributed by atoms with Gasteiger partial charge in [-0.1, -0.05) is 17.7 Å². The molecule has 6 heteroatoms. The van der Waals surface area contributed by atoms with E-state index in [2.05, 4.69) is 20.9 Å². The highest BCUT2D eigenvalue weighted by atomic mass is 79.9. The van der Waals surface area contributed by atoms with Crippen LogP contribution in [0.4, 0.5) is 0 Å². The van der Waals surface area contributed by atoms with Crippen molar-refractivity contribution in [3.05, 3.63) is 59.0 Å². The molecule has 0 radical (unpaired) electrons. The third kappa shape index (κ3) is 2.05. The van der Waals surface area contributed by atoms with Gasteiger partial charge in [0.15, 0.2) is 0 Å². The topological polar surface area (TPSA) is 52.0 Å². The molecule has 2 heterocycles. The summed E-state index contributed by atoms with van der Waals surface area (Å²) in [5.41, 5.74) is 1.63. The maximum atomic E-state index is 12.7. The first-order chi connectivity index (χ1) is 9.50. The summed E-state index contributed by atoms with van der Waals surface area (Å²) >= 11 is 3.32. The molecule has 3 aromatic rings. The molecule has 0 amide bonds. The Kier molecular flexibility index (Phi) is 3.14. The second-order valence-electron chi connectivity index (χ2n) is 4.46. The number of pyridine rings is 1. The molecule has 0 fully saturated rings. The molecule has 0 unspecified atom stereocenters. The second-order valence-corrected chi connectivity index (χ2v) is 7.03. The van der Waals surface area contributed by atoms with Gasteiger partial charge in [-0.05, 0) is 47.1 Å². The number of rotatable bonds is 2. The quantitative estimate of drug-likeness (QED) is 0.666. The molecule has 102 valence electrons. The van der Waals surface area contributed by atoms with Crippen LogP contribution < -0.4 is 0 Å². The number of nitrogens with zero attached hydrogens (tertiary/aromatic N) is 2. The minimum absolute atomic E-state index is 0.272. The fourth-order valence-electron chi connectivity index (χ4n) is 2.04. The minimum atomic E-state index is -3.59. The lowest BCUT2D eigenvalue weighted by Gasteiger charge is -2.08. The van der Waals surface area contributed by atoms with Crippen LogP contribution in [0.25, 0.3) is 10.9 Å². The summed E-state index contributed by atoms with van der Waals surface area (Å²) in [5.74, 6) is 0. The van der Waals surface area contributed by atoms with Crippen LogP contribution in [0.5, 0.6) is 0 Å². The van der Waals surface area contributed by atoms with E-state index in [1.807, 2.05) is 6.92 Å². The number of aromatic nitrogens is 2. The summed E-state index contributed by atoms with van der Waals surface area (Å²) in [4.78, 5) is 4.37. The van der Waals surface area contributed by atoms with Crippen molar-refractivity contribution in [1.29, 1.82) is 0 Å². The van der Waals surface area contributed by atoms with Crippen LogP contribution in [0.3, 0.4) is 0 Å². The molecule has 0 spiro atoms. The predicted octanol–water partition coefficient (Wildman–Crippen LogP) is 3.34. The summed E-state index contributed by atoms with van der Waals surface area (Å²) in [7, 11) is -3.59. The van der Waals surface area contributed by atoms with Crippen LogP contribution in [-0.4, -0.2) is 17.4 Å². The van der Waals surface area contributed by atoms with E-state index in [9.17, 15) is 8.42 Å². The van der Waals surface area contributed by atoms with Crippen LogP contribution in [-0.2, 0) is 10.0 Å². The van der Waals surface area contributed by atoms with E-state index in [0.717, 1.165) is 10.9 Å². The second kappa shape index (κ2) is 4.71. The van der Waals surface area contributed by atoms with Gasteiger partial charge in [0.25, 0.3) is 10.0 Å². The molecular formula is C14H11BrN2O2S. The van der Waals surface area contributed by atoms with E-state index in [1.54, 1.807) is 48.8 Å². The van der Waals surface area contributed by atoms with Crippen LogP contribution in [0.1, 0.15) is 5.56 Å². The number of halogens is 1. The van der Waals surface area contributed by atoms with Crippen molar-refractivity contribution in [2.75, 3.05) is 0 Å². The maximum Gasteiger partial charge on any atom is 0.268 e. The SMILES string of the molecule is Cc1ccc(S(=O)(=O)n2ccc3c(Br)nccc32)cc1. The van der Waals surface area contributed by atoms with Gasteiger partial charge in [-0.15, -0.1) is 0 Å². The van der Waals surface area contributed by atoms with Gasteiger partial charge in [-0.3, -0.25) is 0 Å². The number of fused-ring (bicyclic) bond motifs is 1. The molecule has 0 N–H and O–H groups in total. The molecule has 2 aromatic heterocycles. The van der Waals surface area contributed by atoms with Crippen molar-refractivity contribution in [3.63, 3.8) is 0 Å². The van der Waals surface area contributed by atoms with Crippen molar-refractivity contribution in [3.8, 4) is 0 Å². The first kappa shape index (κ1) is 13.3. The zero-order valence-corrected chi connectivity index (χ0v) is 13.0. The van der Waals surface area contributed by atoms with E-state index in [1.165, 1.54) is 3.97 Å². The van der Waals surface area contributed by atoms with Crippen LogP contribution >= 0.6 is 15.9 Å². The molecule has 0 aliphatic rings. The molecule has 0 bridgehead atoms. The normalized spacial score (nSPS) is 11.9. The standard InChI is InChI=1S/C14H11BrN2O2S/c1-10-2-4-11(5-3-10)20(18,19)17-9-7-12-13(17)6-8-16-14(12)15/h2-9H,1H3. The molecule has 0 saturated carbocycles. The highest BCUT2D eigenvalue weighted by molar-refractivity contribution is 9.10. The Morgan fingerprint density at radius 3 is 2.50 bits per heavy atom. The molecule has 4 nitrogen and oxygen atoms in total. The van der Waals surface area contributed by atoms with Crippen molar-refractivity contribution >= 4 is 36.9 Å². The Bertz CT molecular complexity index is 883. The van der Waals surface area contributed by atoms with Gasteiger partial charge in [0.05, 0.1) is 10.4 Å². The lowest BCUT2D eigenvalue weighted by atomic mass is 10.2. The van der Waals surface area contributed by atoms with Gasteiger partial charge in [0, 0.05) is 17.8 Å². The lowest BCUT2D eigenvalue weighted by molar-refractivity contribution is 0.589. The molecule has 0 atom stereocenters. The van der Waals surface area contributed by atoms with Crippen molar-refractivity contribution in [1.82, 2.24) is 8.96 Å². The van der Waals surface area contributed by atoms with E-state index >= 15 is 0 Å². The van der Waals surface area contributed by atoms with Crippen LogP contribution in [0, 0.1) is 6.92 Å². The van der Waals surface area contributed by atoms with Crippen molar-refractivity contribution in [2.45, 2.75) is 11.8 Å². The van der Waals surface area contributed by atoms with Gasteiger partial charge >= 0.3 is 0 Å². The average Bonchev–Trinajstić information content (AvgIpc) is 2.85. The number of benzene rings is 1. The Labute approximate surface area is 125 Å². The number of aryl methyl sites for hydroxylation is 1. The zero-order valence-electron chi connectivity index (χ0n) is 10.6. The molecule has 20 heavy (non-hydrogen) atoms. The lowest BCUT2D eigenvalue weighted by Crippen LogP contribution is -2.11. The van der Waals surface area contributed by atoms with Crippen molar-refractivity contribution in [2.24, 2.45) is 0 Å². The summed E-state index contributed by atoms with van der Waals surface area (Å²) < 4.78 is 27.2. The maximum absolute atomic E-state index is 12.7. The Morgan fingerprint density at radius 1 is 1.10 bits per heavy atom.